The Bertz CT molecular complexity index is 782. The molecule has 2 rings (SSSR count). The number of fused-ring (bicyclic) bond motifs is 1. The lowest BCUT2D eigenvalue weighted by molar-refractivity contribution is 0.484. The van der Waals surface area contributed by atoms with Gasteiger partial charge in [0.05, 0.1) is 0 Å². The van der Waals surface area contributed by atoms with E-state index >= 15 is 0 Å². The van der Waals surface area contributed by atoms with E-state index < -0.39 is 10.1 Å². The molecule has 8 heteroatoms. The fourth-order valence-electron chi connectivity index (χ4n) is 1.95. The van der Waals surface area contributed by atoms with Crippen molar-refractivity contribution in [3.8, 4) is 0 Å². The molecule has 2 aromatic rings. The summed E-state index contributed by atoms with van der Waals surface area (Å²) in [4.78, 5) is 2.52. The summed E-state index contributed by atoms with van der Waals surface area (Å²) in [5.74, 6) is 0. The van der Waals surface area contributed by atoms with Gasteiger partial charge in [-0.3, -0.25) is 4.55 Å². The minimum atomic E-state index is -4.27. The zero-order valence-electron chi connectivity index (χ0n) is 10.4. The van der Waals surface area contributed by atoms with Gasteiger partial charge in [0, 0.05) is 34.5 Å². The van der Waals surface area contributed by atoms with E-state index in [0.717, 1.165) is 0 Å². The van der Waals surface area contributed by atoms with Crippen LogP contribution in [0, 0.1) is 0 Å². The second kappa shape index (κ2) is 5.79. The molecule has 0 heterocycles. The fourth-order valence-corrected chi connectivity index (χ4v) is 2.65. The quantitative estimate of drug-likeness (QED) is 0.290. The van der Waals surface area contributed by atoms with Crippen LogP contribution in [0.5, 0.6) is 0 Å². The Kier molecular flexibility index (Phi) is 4.09. The van der Waals surface area contributed by atoms with Crippen LogP contribution in [0.25, 0.3) is 21.2 Å². The largest absolute Gasteiger partial charge is 0.384 e. The van der Waals surface area contributed by atoms with Gasteiger partial charge in [-0.15, -0.1) is 0 Å². The molecule has 0 fully saturated rings. The number of hydrogen-bond acceptors (Lipinski definition) is 4. The van der Waals surface area contributed by atoms with Crippen LogP contribution in [-0.4, -0.2) is 26.1 Å². The van der Waals surface area contributed by atoms with Gasteiger partial charge >= 0.3 is 0 Å². The third kappa shape index (κ3) is 3.00. The Balaban J connectivity index is 2.46. The van der Waals surface area contributed by atoms with E-state index in [0.29, 0.717) is 23.0 Å². The molecule has 2 aromatic carbocycles. The monoisotopic (exact) mass is 292 g/mol. The Labute approximate surface area is 115 Å². The van der Waals surface area contributed by atoms with Gasteiger partial charge in [0.15, 0.2) is 0 Å². The molecule has 0 aliphatic rings. The summed E-state index contributed by atoms with van der Waals surface area (Å²) in [7, 11) is -4.27. The molecule has 0 saturated carbocycles. The molecular weight excluding hydrogens is 280 g/mol. The number of nitrogens with one attached hydrogen (secondary N) is 1. The topological polar surface area (TPSA) is 115 Å². The second-order valence-corrected chi connectivity index (χ2v) is 5.40. The summed E-state index contributed by atoms with van der Waals surface area (Å²) >= 11 is 0. The van der Waals surface area contributed by atoms with Crippen molar-refractivity contribution in [3.63, 3.8) is 0 Å². The van der Waals surface area contributed by atoms with E-state index in [2.05, 4.69) is 15.3 Å². The number of benzene rings is 2. The van der Waals surface area contributed by atoms with E-state index in [4.69, 9.17) is 5.53 Å². The van der Waals surface area contributed by atoms with Crippen molar-refractivity contribution in [2.75, 3.05) is 18.4 Å². The number of azide groups is 1. The van der Waals surface area contributed by atoms with Crippen molar-refractivity contribution >= 4 is 26.6 Å². The first-order chi connectivity index (χ1) is 9.54. The highest BCUT2D eigenvalue weighted by atomic mass is 32.2. The van der Waals surface area contributed by atoms with Crippen molar-refractivity contribution in [1.29, 1.82) is 0 Å². The Hall–Kier alpha value is -2.28. The predicted molar refractivity (Wildman–Crippen MR) is 76.3 cm³/mol. The van der Waals surface area contributed by atoms with Gasteiger partial charge in [-0.25, -0.2) is 0 Å². The lowest BCUT2D eigenvalue weighted by atomic mass is 10.1. The minimum Gasteiger partial charge on any atom is -0.384 e. The molecule has 0 unspecified atom stereocenters. The van der Waals surface area contributed by atoms with E-state index in [1.165, 1.54) is 6.07 Å². The van der Waals surface area contributed by atoms with Gasteiger partial charge in [-0.1, -0.05) is 29.4 Å². The molecule has 0 aliphatic heterocycles. The highest BCUT2D eigenvalue weighted by molar-refractivity contribution is 7.86. The second-order valence-electron chi connectivity index (χ2n) is 4.01. The van der Waals surface area contributed by atoms with Crippen LogP contribution in [0.15, 0.2) is 46.4 Å². The van der Waals surface area contributed by atoms with E-state index in [1.807, 2.05) is 0 Å². The molecule has 0 amide bonds. The zero-order valence-corrected chi connectivity index (χ0v) is 11.2. The first-order valence-electron chi connectivity index (χ1n) is 5.78. The molecule has 20 heavy (non-hydrogen) atoms. The molecule has 2 N–H and O–H groups in total. The van der Waals surface area contributed by atoms with Crippen LogP contribution >= 0.6 is 0 Å². The third-order valence-corrected chi connectivity index (χ3v) is 3.66. The molecule has 0 spiro atoms. The Morgan fingerprint density at radius 1 is 1.20 bits per heavy atom. The molecule has 104 valence electrons. The molecule has 0 radical (unpaired) electrons. The summed E-state index contributed by atoms with van der Waals surface area (Å²) < 4.78 is 31.9. The van der Waals surface area contributed by atoms with Gasteiger partial charge in [-0.05, 0) is 17.7 Å². The van der Waals surface area contributed by atoms with E-state index in [9.17, 15) is 13.0 Å². The van der Waals surface area contributed by atoms with Crippen molar-refractivity contribution in [2.24, 2.45) is 5.11 Å². The fraction of sp³-hybridized carbons (Fsp3) is 0.167. The average molecular weight is 292 g/mol. The molecule has 0 atom stereocenters. The summed E-state index contributed by atoms with van der Waals surface area (Å²) in [6.45, 7) is 0.712. The normalized spacial score (nSPS) is 11.1. The van der Waals surface area contributed by atoms with Crippen molar-refractivity contribution in [2.45, 2.75) is 4.90 Å². The molecule has 0 aliphatic carbocycles. The van der Waals surface area contributed by atoms with Gasteiger partial charge < -0.3 is 5.32 Å². The molecule has 0 aromatic heterocycles. The third-order valence-electron chi connectivity index (χ3n) is 2.75. The average Bonchev–Trinajstić information content (AvgIpc) is 2.42. The van der Waals surface area contributed by atoms with Crippen molar-refractivity contribution in [3.05, 3.63) is 46.8 Å². The molecule has 0 bridgehead atoms. The summed E-state index contributed by atoms with van der Waals surface area (Å²) in [5.41, 5.74) is 8.91. The highest BCUT2D eigenvalue weighted by Gasteiger charge is 2.14. The van der Waals surface area contributed by atoms with Crippen LogP contribution in [0.4, 0.5) is 5.69 Å². The number of anilines is 1. The first-order valence-corrected chi connectivity index (χ1v) is 7.22. The maximum absolute atomic E-state index is 11.3. The lowest BCUT2D eigenvalue weighted by Crippen LogP contribution is -2.05. The van der Waals surface area contributed by atoms with Crippen LogP contribution in [-0.2, 0) is 10.1 Å². The number of nitrogens with zero attached hydrogens (tertiary/aromatic N) is 3. The van der Waals surface area contributed by atoms with Crippen molar-refractivity contribution in [1.82, 2.24) is 0 Å². The molecule has 0 saturated heterocycles. The van der Waals surface area contributed by atoms with Crippen molar-refractivity contribution < 1.29 is 13.0 Å². The maximum Gasteiger partial charge on any atom is 0.295 e. The Morgan fingerprint density at radius 3 is 2.60 bits per heavy atom. The standard InChI is InChI=1S/C12H12N4O3S/c13-16-15-8-7-14-11-5-1-4-10-9(11)3-2-6-12(10)20(17,18)19/h1-6,14H,7-8H2,(H,17,18,19). The highest BCUT2D eigenvalue weighted by Crippen LogP contribution is 2.28. The summed E-state index contributed by atoms with van der Waals surface area (Å²) in [6, 6.07) is 9.75. The summed E-state index contributed by atoms with van der Waals surface area (Å²) in [6.07, 6.45) is 0. The maximum atomic E-state index is 11.3. The van der Waals surface area contributed by atoms with E-state index in [1.54, 1.807) is 30.3 Å². The van der Waals surface area contributed by atoms with Crippen LogP contribution in [0.2, 0.25) is 0 Å². The summed E-state index contributed by atoms with van der Waals surface area (Å²) in [5, 5.41) is 7.57. The minimum absolute atomic E-state index is 0.131. The predicted octanol–water partition coefficient (Wildman–Crippen LogP) is 2.81. The molecule has 7 nitrogen and oxygen atoms in total. The Morgan fingerprint density at radius 2 is 1.90 bits per heavy atom. The smallest absolute Gasteiger partial charge is 0.295 e. The first kappa shape index (κ1) is 14.1. The number of rotatable bonds is 5. The van der Waals surface area contributed by atoms with E-state index in [-0.39, 0.29) is 11.4 Å². The number of hydrogen-bond donors (Lipinski definition) is 2. The van der Waals surface area contributed by atoms with Gasteiger partial charge in [0.2, 0.25) is 0 Å². The SMILES string of the molecule is [N-]=[N+]=NCCNc1cccc2c(S(=O)(=O)O)cccc12. The van der Waals surface area contributed by atoms with Gasteiger partial charge in [0.25, 0.3) is 10.1 Å². The molecular formula is C12H12N4O3S. The zero-order chi connectivity index (χ0) is 14.6. The van der Waals surface area contributed by atoms with Gasteiger partial charge in [-0.2, -0.15) is 8.42 Å². The lowest BCUT2D eigenvalue weighted by Gasteiger charge is -2.10. The van der Waals surface area contributed by atoms with Gasteiger partial charge in [0.1, 0.15) is 4.90 Å². The van der Waals surface area contributed by atoms with Crippen LogP contribution in [0.1, 0.15) is 0 Å². The van der Waals surface area contributed by atoms with Crippen LogP contribution in [0.3, 0.4) is 0 Å². The van der Waals surface area contributed by atoms with Crippen LogP contribution < -0.4 is 5.32 Å².